The highest BCUT2D eigenvalue weighted by Gasteiger charge is 2.29. The van der Waals surface area contributed by atoms with Crippen LogP contribution in [0.2, 0.25) is 0 Å². The normalized spacial score (nSPS) is 14.5. The third-order valence-corrected chi connectivity index (χ3v) is 3.91. The number of nitrogens with zero attached hydrogens (tertiary/aromatic N) is 5. The fraction of sp³-hybridized carbons (Fsp3) is 0.600. The molecule has 118 valence electrons. The van der Waals surface area contributed by atoms with Crippen LogP contribution in [0.15, 0.2) is 4.52 Å². The summed E-state index contributed by atoms with van der Waals surface area (Å²) in [6, 6.07) is 0. The van der Waals surface area contributed by atoms with Crippen LogP contribution in [-0.2, 0) is 24.8 Å². The monoisotopic (exact) mass is 303 g/mol. The maximum Gasteiger partial charge on any atom is 0.278 e. The van der Waals surface area contributed by atoms with Crippen molar-refractivity contribution in [1.29, 1.82) is 0 Å². The Balaban J connectivity index is 1.91. The second kappa shape index (κ2) is 5.55. The molecule has 1 aliphatic heterocycles. The summed E-state index contributed by atoms with van der Waals surface area (Å²) in [7, 11) is 1.91. The minimum atomic E-state index is 0.192. The van der Waals surface area contributed by atoms with Gasteiger partial charge in [-0.05, 0) is 12.8 Å². The third-order valence-electron chi connectivity index (χ3n) is 3.91. The highest BCUT2D eigenvalue weighted by molar-refractivity contribution is 5.77. The Bertz CT molecular complexity index is 701. The van der Waals surface area contributed by atoms with Crippen molar-refractivity contribution < 1.29 is 9.32 Å². The van der Waals surface area contributed by atoms with Crippen LogP contribution in [0.4, 0.5) is 0 Å². The summed E-state index contributed by atoms with van der Waals surface area (Å²) in [5, 5.41) is 8.34. The average molecular weight is 303 g/mol. The highest BCUT2D eigenvalue weighted by Crippen LogP contribution is 2.29. The molecule has 0 aliphatic carbocycles. The van der Waals surface area contributed by atoms with Gasteiger partial charge in [-0.1, -0.05) is 19.0 Å². The molecule has 0 aromatic carbocycles. The molecule has 0 fully saturated rings. The summed E-state index contributed by atoms with van der Waals surface area (Å²) in [5.41, 5.74) is 2.86. The zero-order chi connectivity index (χ0) is 15.9. The van der Waals surface area contributed by atoms with Crippen molar-refractivity contribution in [3.05, 3.63) is 17.1 Å². The van der Waals surface area contributed by atoms with Crippen molar-refractivity contribution in [2.75, 3.05) is 6.54 Å². The van der Waals surface area contributed by atoms with E-state index in [2.05, 4.69) is 29.1 Å². The van der Waals surface area contributed by atoms with E-state index in [-0.39, 0.29) is 5.91 Å². The molecule has 2 aromatic heterocycles. The van der Waals surface area contributed by atoms with Gasteiger partial charge in [0.15, 0.2) is 11.5 Å². The first-order valence-corrected chi connectivity index (χ1v) is 7.59. The quantitative estimate of drug-likeness (QED) is 0.862. The number of carbonyl (C=O) groups is 1. The Morgan fingerprint density at radius 2 is 2.18 bits per heavy atom. The van der Waals surface area contributed by atoms with Gasteiger partial charge in [-0.15, -0.1) is 0 Å². The van der Waals surface area contributed by atoms with Gasteiger partial charge in [-0.25, -0.2) is 0 Å². The second-order valence-electron chi connectivity index (χ2n) is 6.21. The number of rotatable bonds is 3. The van der Waals surface area contributed by atoms with Crippen molar-refractivity contribution >= 4 is 5.91 Å². The van der Waals surface area contributed by atoms with Crippen LogP contribution in [0, 0.1) is 12.8 Å². The largest absolute Gasteiger partial charge is 0.338 e. The first-order chi connectivity index (χ1) is 10.5. The van der Waals surface area contributed by atoms with Gasteiger partial charge in [-0.2, -0.15) is 10.1 Å². The number of aryl methyl sites for hydroxylation is 2. The molecule has 0 saturated carbocycles. The molecule has 0 N–H and O–H groups in total. The Labute approximate surface area is 129 Å². The topological polar surface area (TPSA) is 77.0 Å². The number of aromatic nitrogens is 4. The smallest absolute Gasteiger partial charge is 0.278 e. The van der Waals surface area contributed by atoms with Gasteiger partial charge in [-0.3, -0.25) is 9.48 Å². The summed E-state index contributed by atoms with van der Waals surface area (Å²) in [5.74, 6) is 1.56. The van der Waals surface area contributed by atoms with Gasteiger partial charge < -0.3 is 9.42 Å². The van der Waals surface area contributed by atoms with E-state index in [1.807, 2.05) is 16.6 Å². The van der Waals surface area contributed by atoms with Crippen molar-refractivity contribution in [3.8, 4) is 11.6 Å². The van der Waals surface area contributed by atoms with E-state index in [0.29, 0.717) is 36.3 Å². The van der Waals surface area contributed by atoms with Gasteiger partial charge in [0.2, 0.25) is 5.91 Å². The van der Waals surface area contributed by atoms with Crippen LogP contribution >= 0.6 is 0 Å². The minimum absolute atomic E-state index is 0.192. The SMILES string of the molecule is Cc1noc(-c2nn(C)c3c2CN(C(=O)CC(C)C)CC3)n1. The predicted octanol–water partition coefficient (Wildman–Crippen LogP) is 1.71. The highest BCUT2D eigenvalue weighted by atomic mass is 16.5. The fourth-order valence-electron chi connectivity index (χ4n) is 2.85. The van der Waals surface area contributed by atoms with E-state index in [9.17, 15) is 4.79 Å². The third kappa shape index (κ3) is 2.63. The van der Waals surface area contributed by atoms with E-state index >= 15 is 0 Å². The number of fused-ring (bicyclic) bond motifs is 1. The van der Waals surface area contributed by atoms with Gasteiger partial charge >= 0.3 is 0 Å². The van der Waals surface area contributed by atoms with Crippen LogP contribution < -0.4 is 0 Å². The lowest BCUT2D eigenvalue weighted by Crippen LogP contribution is -2.36. The van der Waals surface area contributed by atoms with Crippen LogP contribution in [0.5, 0.6) is 0 Å². The Hall–Kier alpha value is -2.18. The first kappa shape index (κ1) is 14.7. The first-order valence-electron chi connectivity index (χ1n) is 7.59. The molecule has 7 nitrogen and oxygen atoms in total. The Morgan fingerprint density at radius 1 is 1.41 bits per heavy atom. The van der Waals surface area contributed by atoms with Crippen molar-refractivity contribution in [2.45, 2.75) is 40.2 Å². The fourth-order valence-corrected chi connectivity index (χ4v) is 2.85. The van der Waals surface area contributed by atoms with Crippen molar-refractivity contribution in [3.63, 3.8) is 0 Å². The number of carbonyl (C=O) groups excluding carboxylic acids is 1. The van der Waals surface area contributed by atoms with Crippen LogP contribution in [0.1, 0.15) is 37.4 Å². The molecule has 1 amide bonds. The van der Waals surface area contributed by atoms with Crippen molar-refractivity contribution in [2.24, 2.45) is 13.0 Å². The Morgan fingerprint density at radius 3 is 2.82 bits per heavy atom. The lowest BCUT2D eigenvalue weighted by Gasteiger charge is -2.28. The van der Waals surface area contributed by atoms with Crippen LogP contribution in [-0.4, -0.2) is 37.3 Å². The van der Waals surface area contributed by atoms with E-state index in [1.54, 1.807) is 6.92 Å². The predicted molar refractivity (Wildman–Crippen MR) is 79.8 cm³/mol. The number of hydrogen-bond donors (Lipinski definition) is 0. The molecule has 0 spiro atoms. The van der Waals surface area contributed by atoms with Gasteiger partial charge in [0.1, 0.15) is 0 Å². The molecule has 22 heavy (non-hydrogen) atoms. The molecule has 1 aliphatic rings. The second-order valence-corrected chi connectivity index (χ2v) is 6.21. The molecular formula is C15H21N5O2. The maximum atomic E-state index is 12.3. The van der Waals surface area contributed by atoms with Gasteiger partial charge in [0.25, 0.3) is 5.89 Å². The van der Waals surface area contributed by atoms with Crippen LogP contribution in [0.25, 0.3) is 11.6 Å². The average Bonchev–Trinajstić information content (AvgIpc) is 3.02. The number of hydrogen-bond acceptors (Lipinski definition) is 5. The zero-order valence-corrected chi connectivity index (χ0v) is 13.5. The summed E-state index contributed by atoms with van der Waals surface area (Å²) in [6.45, 7) is 7.20. The summed E-state index contributed by atoms with van der Waals surface area (Å²) < 4.78 is 7.11. The molecule has 3 rings (SSSR count). The van der Waals surface area contributed by atoms with Gasteiger partial charge in [0, 0.05) is 44.2 Å². The summed E-state index contributed by atoms with van der Waals surface area (Å²) in [6.07, 6.45) is 1.38. The molecule has 0 radical (unpaired) electrons. The molecule has 2 aromatic rings. The molecule has 0 saturated heterocycles. The molecule has 0 atom stereocenters. The van der Waals surface area contributed by atoms with Crippen LogP contribution in [0.3, 0.4) is 0 Å². The maximum absolute atomic E-state index is 12.3. The Kier molecular flexibility index (Phi) is 3.72. The van der Waals surface area contributed by atoms with E-state index < -0.39 is 0 Å². The lowest BCUT2D eigenvalue weighted by atomic mass is 10.0. The van der Waals surface area contributed by atoms with Gasteiger partial charge in [0.05, 0.1) is 0 Å². The summed E-state index contributed by atoms with van der Waals surface area (Å²) in [4.78, 5) is 18.5. The number of amides is 1. The summed E-state index contributed by atoms with van der Waals surface area (Å²) >= 11 is 0. The van der Waals surface area contributed by atoms with E-state index in [4.69, 9.17) is 4.52 Å². The van der Waals surface area contributed by atoms with E-state index in [0.717, 1.165) is 24.2 Å². The van der Waals surface area contributed by atoms with Crippen molar-refractivity contribution in [1.82, 2.24) is 24.8 Å². The standard InChI is InChI=1S/C15H21N5O2/c1-9(2)7-13(21)20-6-5-12-11(8-20)14(17-19(12)4)15-16-10(3)18-22-15/h9H,5-8H2,1-4H3. The molecule has 0 bridgehead atoms. The molecule has 7 heteroatoms. The molecular weight excluding hydrogens is 282 g/mol. The van der Waals surface area contributed by atoms with E-state index in [1.165, 1.54) is 0 Å². The zero-order valence-electron chi connectivity index (χ0n) is 13.5. The minimum Gasteiger partial charge on any atom is -0.338 e. The lowest BCUT2D eigenvalue weighted by molar-refractivity contribution is -0.132. The molecule has 3 heterocycles. The molecule has 0 unspecified atom stereocenters.